The number of carbonyl (C=O) groups is 1. The van der Waals surface area contributed by atoms with Crippen LogP contribution in [0.25, 0.3) is 0 Å². The number of amides is 1. The molecule has 1 saturated heterocycles. The van der Waals surface area contributed by atoms with Gasteiger partial charge in [-0.25, -0.2) is 17.7 Å². The smallest absolute Gasteiger partial charge is 0.224 e. The number of imidazole rings is 1. The highest BCUT2D eigenvalue weighted by molar-refractivity contribution is 7.88. The highest BCUT2D eigenvalue weighted by atomic mass is 32.2. The van der Waals surface area contributed by atoms with Crippen molar-refractivity contribution in [3.63, 3.8) is 0 Å². The van der Waals surface area contributed by atoms with Gasteiger partial charge in [0.05, 0.1) is 18.5 Å². The molecule has 2 atom stereocenters. The summed E-state index contributed by atoms with van der Waals surface area (Å²) in [6.07, 6.45) is 7.88. The first-order valence-corrected chi connectivity index (χ1v) is 8.92. The van der Waals surface area contributed by atoms with E-state index in [0.29, 0.717) is 13.1 Å². The van der Waals surface area contributed by atoms with Crippen molar-refractivity contribution in [3.8, 4) is 0 Å². The van der Waals surface area contributed by atoms with Gasteiger partial charge < -0.3 is 9.88 Å². The molecule has 1 aliphatic rings. The number of nitrogens with one attached hydrogen (secondary N) is 1. The molecular weight excluding hydrogens is 292 g/mol. The van der Waals surface area contributed by atoms with Crippen molar-refractivity contribution in [2.24, 2.45) is 5.92 Å². The van der Waals surface area contributed by atoms with E-state index < -0.39 is 10.0 Å². The molecule has 0 unspecified atom stereocenters. The summed E-state index contributed by atoms with van der Waals surface area (Å²) in [6, 6.07) is -0.0275. The number of sulfonamides is 1. The van der Waals surface area contributed by atoms with Crippen LogP contribution in [0.4, 0.5) is 0 Å². The van der Waals surface area contributed by atoms with E-state index in [4.69, 9.17) is 0 Å². The van der Waals surface area contributed by atoms with Crippen molar-refractivity contribution in [2.75, 3.05) is 19.3 Å². The van der Waals surface area contributed by atoms with Crippen molar-refractivity contribution in [3.05, 3.63) is 18.7 Å². The van der Waals surface area contributed by atoms with E-state index in [2.05, 4.69) is 10.3 Å². The number of carbonyl (C=O) groups excluding carboxylic acids is 1. The summed E-state index contributed by atoms with van der Waals surface area (Å²) in [6.45, 7) is 3.36. The maximum absolute atomic E-state index is 12.3. The molecule has 0 bridgehead atoms. The van der Waals surface area contributed by atoms with Crippen molar-refractivity contribution < 1.29 is 13.2 Å². The minimum absolute atomic E-state index is 0.0275. The molecule has 118 valence electrons. The predicted molar refractivity (Wildman–Crippen MR) is 79.0 cm³/mol. The average molecular weight is 314 g/mol. The monoisotopic (exact) mass is 314 g/mol. The first-order chi connectivity index (χ1) is 9.86. The van der Waals surface area contributed by atoms with Gasteiger partial charge in [-0.1, -0.05) is 0 Å². The molecule has 0 saturated carbocycles. The Kier molecular flexibility index (Phi) is 5.00. The minimum Gasteiger partial charge on any atom is -0.352 e. The lowest BCUT2D eigenvalue weighted by Crippen LogP contribution is -2.47. The largest absolute Gasteiger partial charge is 0.352 e. The zero-order valence-electron chi connectivity index (χ0n) is 12.4. The van der Waals surface area contributed by atoms with Crippen molar-refractivity contribution in [2.45, 2.75) is 32.4 Å². The van der Waals surface area contributed by atoms with Crippen LogP contribution in [0.3, 0.4) is 0 Å². The summed E-state index contributed by atoms with van der Waals surface area (Å²) >= 11 is 0. The van der Waals surface area contributed by atoms with E-state index in [1.54, 1.807) is 12.5 Å². The molecule has 1 amide bonds. The molecule has 2 heterocycles. The molecule has 0 radical (unpaired) electrons. The van der Waals surface area contributed by atoms with Crippen LogP contribution in [0.15, 0.2) is 18.7 Å². The molecular formula is C13H22N4O3S. The molecule has 1 N–H and O–H groups in total. The second kappa shape index (κ2) is 6.57. The number of aromatic nitrogens is 2. The topological polar surface area (TPSA) is 84.3 Å². The predicted octanol–water partition coefficient (Wildman–Crippen LogP) is 0.0594. The molecule has 2 rings (SSSR count). The fourth-order valence-corrected chi connectivity index (χ4v) is 3.49. The normalized spacial score (nSPS) is 21.9. The third-order valence-electron chi connectivity index (χ3n) is 3.66. The van der Waals surface area contributed by atoms with Gasteiger partial charge in [0.1, 0.15) is 0 Å². The molecule has 0 aromatic carbocycles. The maximum atomic E-state index is 12.3. The lowest BCUT2D eigenvalue weighted by Gasteiger charge is -2.30. The number of hydrogen-bond acceptors (Lipinski definition) is 4. The molecule has 0 spiro atoms. The summed E-state index contributed by atoms with van der Waals surface area (Å²) in [7, 11) is -3.22. The quantitative estimate of drug-likeness (QED) is 0.833. The third-order valence-corrected chi connectivity index (χ3v) is 4.93. The van der Waals surface area contributed by atoms with Crippen molar-refractivity contribution in [1.82, 2.24) is 19.2 Å². The second-order valence-corrected chi connectivity index (χ2v) is 7.61. The van der Waals surface area contributed by atoms with Gasteiger partial charge in [0.25, 0.3) is 0 Å². The zero-order chi connectivity index (χ0) is 15.5. The molecule has 21 heavy (non-hydrogen) atoms. The van der Waals surface area contributed by atoms with Gasteiger partial charge in [-0.15, -0.1) is 0 Å². The van der Waals surface area contributed by atoms with E-state index in [1.807, 2.05) is 17.7 Å². The number of piperidine rings is 1. The minimum atomic E-state index is -3.22. The first kappa shape index (κ1) is 16.0. The summed E-state index contributed by atoms with van der Waals surface area (Å²) in [5.41, 5.74) is 0. The highest BCUT2D eigenvalue weighted by Gasteiger charge is 2.30. The van der Waals surface area contributed by atoms with Crippen LogP contribution in [0.2, 0.25) is 0 Å². The van der Waals surface area contributed by atoms with Crippen LogP contribution in [-0.4, -0.2) is 53.6 Å². The third kappa shape index (κ3) is 4.53. The number of hydrogen-bond donors (Lipinski definition) is 1. The summed E-state index contributed by atoms with van der Waals surface area (Å²) in [5, 5.41) is 2.95. The Morgan fingerprint density at radius 2 is 2.29 bits per heavy atom. The standard InChI is InChI=1S/C13H22N4O3S/c1-11(8-16-7-5-14-10-16)15-13(18)12-4-3-6-17(9-12)21(2,19)20/h5,7,10-12H,3-4,6,8-9H2,1-2H3,(H,15,18)/t11-,12+/m0/s1. The summed E-state index contributed by atoms with van der Waals surface area (Å²) in [4.78, 5) is 16.2. The van der Waals surface area contributed by atoms with Crippen LogP contribution in [-0.2, 0) is 21.4 Å². The highest BCUT2D eigenvalue weighted by Crippen LogP contribution is 2.19. The summed E-state index contributed by atoms with van der Waals surface area (Å²) in [5.74, 6) is -0.338. The Bertz CT molecular complexity index is 570. The van der Waals surface area contributed by atoms with Crippen LogP contribution in [0, 0.1) is 5.92 Å². The fraction of sp³-hybridized carbons (Fsp3) is 0.692. The van der Waals surface area contributed by atoms with Crippen LogP contribution in [0.5, 0.6) is 0 Å². The molecule has 1 aromatic heterocycles. The Morgan fingerprint density at radius 3 is 2.90 bits per heavy atom. The first-order valence-electron chi connectivity index (χ1n) is 7.07. The Morgan fingerprint density at radius 1 is 1.52 bits per heavy atom. The second-order valence-electron chi connectivity index (χ2n) is 5.63. The van der Waals surface area contributed by atoms with Crippen molar-refractivity contribution in [1.29, 1.82) is 0 Å². The zero-order valence-corrected chi connectivity index (χ0v) is 13.2. The Balaban J connectivity index is 1.87. The van der Waals surface area contributed by atoms with Gasteiger partial charge in [-0.3, -0.25) is 4.79 Å². The van der Waals surface area contributed by atoms with Gasteiger partial charge in [-0.2, -0.15) is 0 Å². The van der Waals surface area contributed by atoms with E-state index >= 15 is 0 Å². The van der Waals surface area contributed by atoms with Crippen LogP contribution in [0.1, 0.15) is 19.8 Å². The van der Waals surface area contributed by atoms with Gasteiger partial charge >= 0.3 is 0 Å². The van der Waals surface area contributed by atoms with E-state index in [-0.39, 0.29) is 24.4 Å². The van der Waals surface area contributed by atoms with E-state index in [1.165, 1.54) is 10.6 Å². The van der Waals surface area contributed by atoms with E-state index in [9.17, 15) is 13.2 Å². The van der Waals surface area contributed by atoms with Gasteiger partial charge in [0, 0.05) is 38.1 Å². The van der Waals surface area contributed by atoms with E-state index in [0.717, 1.165) is 12.8 Å². The van der Waals surface area contributed by atoms with Gasteiger partial charge in [0.2, 0.25) is 15.9 Å². The molecule has 1 aliphatic heterocycles. The molecule has 7 nitrogen and oxygen atoms in total. The Labute approximate surface area is 125 Å². The molecule has 1 fully saturated rings. The number of rotatable bonds is 5. The van der Waals surface area contributed by atoms with Crippen molar-refractivity contribution >= 4 is 15.9 Å². The van der Waals surface area contributed by atoms with Crippen LogP contribution >= 0.6 is 0 Å². The van der Waals surface area contributed by atoms with Gasteiger partial charge in [-0.05, 0) is 19.8 Å². The number of nitrogens with zero attached hydrogens (tertiary/aromatic N) is 3. The summed E-state index contributed by atoms with van der Waals surface area (Å²) < 4.78 is 26.4. The van der Waals surface area contributed by atoms with Gasteiger partial charge in [0.15, 0.2) is 0 Å². The fourth-order valence-electron chi connectivity index (χ4n) is 2.57. The lowest BCUT2D eigenvalue weighted by atomic mass is 9.98. The SMILES string of the molecule is C[C@@H](Cn1ccnc1)NC(=O)[C@@H]1CCCN(S(C)(=O)=O)C1. The lowest BCUT2D eigenvalue weighted by molar-refractivity contribution is -0.126. The maximum Gasteiger partial charge on any atom is 0.224 e. The molecule has 1 aromatic rings. The molecule has 8 heteroatoms. The Hall–Kier alpha value is -1.41. The molecule has 0 aliphatic carbocycles. The van der Waals surface area contributed by atoms with Crippen LogP contribution < -0.4 is 5.32 Å². The average Bonchev–Trinajstić information content (AvgIpc) is 2.90.